The first-order valence-electron chi connectivity index (χ1n) is 9.68. The summed E-state index contributed by atoms with van der Waals surface area (Å²) in [5.41, 5.74) is 4.58. The summed E-state index contributed by atoms with van der Waals surface area (Å²) in [6.07, 6.45) is 0.709. The molecule has 154 valence electrons. The first-order valence-corrected chi connectivity index (χ1v) is 9.68. The molecule has 0 saturated heterocycles. The number of nitrogens with one attached hydrogen (secondary N) is 2. The molecule has 0 amide bonds. The molecular formula is C22H27IN4O2. The highest BCUT2D eigenvalue weighted by Gasteiger charge is 2.20. The topological polar surface area (TPSA) is 72.9 Å². The van der Waals surface area contributed by atoms with Gasteiger partial charge in [0.2, 0.25) is 0 Å². The van der Waals surface area contributed by atoms with Gasteiger partial charge in [0, 0.05) is 42.7 Å². The number of guanidine groups is 1. The van der Waals surface area contributed by atoms with Crippen LogP contribution in [0, 0.1) is 0 Å². The number of para-hydroxylation sites is 1. The Balaban J connectivity index is 0.00000160. The average molecular weight is 506 g/mol. The summed E-state index contributed by atoms with van der Waals surface area (Å²) < 4.78 is 5.30. The number of hydrogen-bond acceptors (Lipinski definition) is 5. The highest BCUT2D eigenvalue weighted by molar-refractivity contribution is 5.91. The number of methoxy groups -OCH3 is 1. The van der Waals surface area contributed by atoms with E-state index in [9.17, 15) is 5.11 Å². The zero-order chi connectivity index (χ0) is 19.3. The second kappa shape index (κ2) is 9.98. The third kappa shape index (κ3) is 4.67. The van der Waals surface area contributed by atoms with Crippen molar-refractivity contribution in [1.82, 2.24) is 15.2 Å². The number of benzene rings is 2. The van der Waals surface area contributed by atoms with Crippen molar-refractivity contribution in [2.75, 3.05) is 33.4 Å². The Morgan fingerprint density at radius 1 is 1.17 bits per heavy atom. The number of aliphatic hydroxyl groups is 1. The van der Waals surface area contributed by atoms with E-state index in [4.69, 9.17) is 4.74 Å². The molecule has 3 N–H and O–H groups in total. The predicted molar refractivity (Wildman–Crippen MR) is 114 cm³/mol. The fraction of sp³-hybridized carbons (Fsp3) is 0.318. The molecule has 2 aromatic carbocycles. The van der Waals surface area contributed by atoms with Gasteiger partial charge in [0.25, 0.3) is 0 Å². The molecule has 1 aromatic heterocycles. The molecular weight excluding hydrogens is 479 g/mol. The monoisotopic (exact) mass is 506 g/mol. The molecule has 0 bridgehead atoms. The van der Waals surface area contributed by atoms with Gasteiger partial charge in [-0.15, -0.1) is 0 Å². The van der Waals surface area contributed by atoms with Crippen molar-refractivity contribution in [3.8, 4) is 17.0 Å². The first kappa shape index (κ1) is 21.4. The zero-order valence-electron chi connectivity index (χ0n) is 17.5. The Hall–Kier alpha value is -2.26. The first-order chi connectivity index (χ1) is 13.8. The summed E-state index contributed by atoms with van der Waals surface area (Å²) in [5.74, 6) is 1.76. The van der Waals surface area contributed by atoms with Crippen LogP contribution in [0.3, 0.4) is 0 Å². The molecule has 3 aromatic rings. The number of nitrogens with zero attached hydrogens (tertiary/aromatic N) is 2. The summed E-state index contributed by atoms with van der Waals surface area (Å²) in [6.45, 7) is 3.30. The van der Waals surface area contributed by atoms with Crippen molar-refractivity contribution in [3.05, 3.63) is 54.1 Å². The lowest BCUT2D eigenvalue weighted by Crippen LogP contribution is -3.00. The van der Waals surface area contributed by atoms with Gasteiger partial charge in [-0.2, -0.15) is 0 Å². The van der Waals surface area contributed by atoms with E-state index in [0.29, 0.717) is 6.42 Å². The SMILES string of the molecule is COc1ccc(-c2[nH]c3ccccc3c2CN(CCCO)C2=NCCN2)cc1.[H+].[I-]. The van der Waals surface area contributed by atoms with E-state index in [0.717, 1.165) is 54.7 Å². The van der Waals surface area contributed by atoms with Crippen LogP contribution in [-0.2, 0) is 6.54 Å². The van der Waals surface area contributed by atoms with Crippen LogP contribution in [-0.4, -0.2) is 54.3 Å². The van der Waals surface area contributed by atoms with Crippen LogP contribution in [0.15, 0.2) is 53.5 Å². The van der Waals surface area contributed by atoms with Crippen LogP contribution in [0.2, 0.25) is 0 Å². The molecule has 1 aliphatic heterocycles. The van der Waals surface area contributed by atoms with E-state index >= 15 is 0 Å². The van der Waals surface area contributed by atoms with Crippen molar-refractivity contribution in [3.63, 3.8) is 0 Å². The summed E-state index contributed by atoms with van der Waals surface area (Å²) in [5, 5.41) is 13.9. The highest BCUT2D eigenvalue weighted by atomic mass is 127. The van der Waals surface area contributed by atoms with E-state index < -0.39 is 0 Å². The fourth-order valence-electron chi connectivity index (χ4n) is 3.68. The molecule has 0 radical (unpaired) electrons. The average Bonchev–Trinajstić information content (AvgIpc) is 3.39. The number of aromatic nitrogens is 1. The van der Waals surface area contributed by atoms with Crippen LogP contribution in [0.1, 0.15) is 13.4 Å². The Bertz CT molecular complexity index is 975. The van der Waals surface area contributed by atoms with E-state index in [2.05, 4.69) is 50.5 Å². The molecule has 0 atom stereocenters. The lowest BCUT2D eigenvalue weighted by molar-refractivity contribution is -0.00000724. The fourth-order valence-corrected chi connectivity index (χ4v) is 3.68. The number of fused-ring (bicyclic) bond motifs is 1. The maximum absolute atomic E-state index is 9.33. The molecule has 7 heteroatoms. The van der Waals surface area contributed by atoms with Crippen molar-refractivity contribution in [2.24, 2.45) is 4.99 Å². The maximum Gasteiger partial charge on any atom is 1.00 e. The summed E-state index contributed by atoms with van der Waals surface area (Å²) >= 11 is 0. The lowest BCUT2D eigenvalue weighted by Gasteiger charge is -2.25. The van der Waals surface area contributed by atoms with Gasteiger partial charge in [-0.25, -0.2) is 0 Å². The number of ether oxygens (including phenoxy) is 1. The van der Waals surface area contributed by atoms with Crippen molar-refractivity contribution >= 4 is 16.9 Å². The van der Waals surface area contributed by atoms with Gasteiger partial charge in [0.15, 0.2) is 5.96 Å². The van der Waals surface area contributed by atoms with Gasteiger partial charge in [0.05, 0.1) is 19.3 Å². The standard InChI is InChI=1S/C22H26N4O2.HI/c1-28-17-9-7-16(8-10-17)21-19(18-5-2-3-6-20(18)25-21)15-26(13-4-14-27)22-23-11-12-24-22;/h2-3,5-10,25,27H,4,11-15H2,1H3,(H,23,24);1H. The molecule has 1 aliphatic rings. The quantitative estimate of drug-likeness (QED) is 0.398. The number of H-pyrrole nitrogens is 1. The van der Waals surface area contributed by atoms with Crippen molar-refractivity contribution in [1.29, 1.82) is 0 Å². The summed E-state index contributed by atoms with van der Waals surface area (Å²) in [7, 11) is 1.68. The minimum absolute atomic E-state index is 0. The molecule has 0 saturated carbocycles. The molecule has 29 heavy (non-hydrogen) atoms. The molecule has 2 heterocycles. The molecule has 4 rings (SSSR count). The van der Waals surface area contributed by atoms with Crippen LogP contribution in [0.4, 0.5) is 0 Å². The second-order valence-corrected chi connectivity index (χ2v) is 6.88. The third-order valence-corrected chi connectivity index (χ3v) is 5.08. The van der Waals surface area contributed by atoms with E-state index in [-0.39, 0.29) is 32.0 Å². The van der Waals surface area contributed by atoms with Crippen LogP contribution in [0.5, 0.6) is 5.75 Å². The lowest BCUT2D eigenvalue weighted by atomic mass is 10.0. The number of aliphatic imine (C=N–C) groups is 1. The van der Waals surface area contributed by atoms with Gasteiger partial charge < -0.3 is 49.0 Å². The Kier molecular flexibility index (Phi) is 7.38. The normalized spacial score (nSPS) is 13.0. The van der Waals surface area contributed by atoms with Crippen LogP contribution < -0.4 is 34.0 Å². The zero-order valence-corrected chi connectivity index (χ0v) is 18.6. The number of aliphatic hydroxyl groups excluding tert-OH is 1. The van der Waals surface area contributed by atoms with Gasteiger partial charge >= 0.3 is 1.43 Å². The number of hydrogen-bond donors (Lipinski definition) is 3. The molecule has 0 fully saturated rings. The highest BCUT2D eigenvalue weighted by Crippen LogP contribution is 2.32. The van der Waals surface area contributed by atoms with Gasteiger partial charge in [-0.1, -0.05) is 18.2 Å². The van der Waals surface area contributed by atoms with E-state index in [1.165, 1.54) is 10.9 Å². The predicted octanol–water partition coefficient (Wildman–Crippen LogP) is 0.104. The maximum atomic E-state index is 9.33. The Labute approximate surface area is 189 Å². The van der Waals surface area contributed by atoms with Crippen molar-refractivity contribution in [2.45, 2.75) is 13.0 Å². The number of rotatable bonds is 7. The molecule has 0 spiro atoms. The number of aromatic amines is 1. The second-order valence-electron chi connectivity index (χ2n) is 6.88. The van der Waals surface area contributed by atoms with Crippen LogP contribution in [0.25, 0.3) is 22.2 Å². The summed E-state index contributed by atoms with van der Waals surface area (Å²) in [4.78, 5) is 10.4. The largest absolute Gasteiger partial charge is 1.00 e. The number of halogens is 1. The third-order valence-electron chi connectivity index (χ3n) is 5.08. The van der Waals surface area contributed by atoms with Gasteiger partial charge in [-0.05, 0) is 42.3 Å². The van der Waals surface area contributed by atoms with E-state index in [1.807, 2.05) is 18.2 Å². The minimum Gasteiger partial charge on any atom is -1.00 e. The molecule has 0 aliphatic carbocycles. The summed E-state index contributed by atoms with van der Waals surface area (Å²) in [6, 6.07) is 16.5. The van der Waals surface area contributed by atoms with Gasteiger partial charge in [-0.3, -0.25) is 4.99 Å². The minimum atomic E-state index is 0. The smallest absolute Gasteiger partial charge is 1.00 e. The van der Waals surface area contributed by atoms with Gasteiger partial charge in [0.1, 0.15) is 5.75 Å². The van der Waals surface area contributed by atoms with Crippen LogP contribution >= 0.6 is 0 Å². The molecule has 6 nitrogen and oxygen atoms in total. The Morgan fingerprint density at radius 2 is 1.97 bits per heavy atom. The Morgan fingerprint density at radius 3 is 2.66 bits per heavy atom. The van der Waals surface area contributed by atoms with E-state index in [1.54, 1.807) is 7.11 Å². The molecule has 0 unspecified atom stereocenters. The van der Waals surface area contributed by atoms with Crippen molar-refractivity contribution < 1.29 is 35.2 Å².